The first kappa shape index (κ1) is 18.8. The van der Waals surface area contributed by atoms with E-state index in [1.165, 1.54) is 5.56 Å². The van der Waals surface area contributed by atoms with Crippen LogP contribution in [0.2, 0.25) is 0 Å². The van der Waals surface area contributed by atoms with Crippen molar-refractivity contribution in [2.24, 2.45) is 0 Å². The summed E-state index contributed by atoms with van der Waals surface area (Å²) >= 11 is 0. The van der Waals surface area contributed by atoms with Gasteiger partial charge in [0.2, 0.25) is 0 Å². The SMILES string of the molecule is CN(Cc1ccccc1)[C@H]1CC[C@@]2(CC1)CN(c1ccccc1)C(=O)C1(CC1)O2. The largest absolute Gasteiger partial charge is 0.357 e. The van der Waals surface area contributed by atoms with Crippen LogP contribution in [0.4, 0.5) is 5.69 Å². The van der Waals surface area contributed by atoms with Gasteiger partial charge in [-0.05, 0) is 63.3 Å². The maximum Gasteiger partial charge on any atom is 0.259 e. The Balaban J connectivity index is 1.29. The molecule has 1 heterocycles. The van der Waals surface area contributed by atoms with E-state index in [4.69, 9.17) is 4.74 Å². The van der Waals surface area contributed by atoms with Gasteiger partial charge >= 0.3 is 0 Å². The second-order valence-electron chi connectivity index (χ2n) is 9.14. The van der Waals surface area contributed by atoms with Crippen LogP contribution < -0.4 is 4.90 Å². The molecule has 0 atom stereocenters. The highest BCUT2D eigenvalue weighted by Gasteiger charge is 2.62. The molecule has 4 nitrogen and oxygen atoms in total. The fourth-order valence-corrected chi connectivity index (χ4v) is 5.17. The van der Waals surface area contributed by atoms with Crippen molar-refractivity contribution in [3.63, 3.8) is 0 Å². The number of nitrogens with zero attached hydrogens (tertiary/aromatic N) is 2. The van der Waals surface area contributed by atoms with E-state index < -0.39 is 5.60 Å². The summed E-state index contributed by atoms with van der Waals surface area (Å²) in [5.41, 5.74) is 1.64. The Morgan fingerprint density at radius 3 is 2.21 bits per heavy atom. The van der Waals surface area contributed by atoms with Gasteiger partial charge in [-0.2, -0.15) is 0 Å². The molecule has 0 unspecified atom stereocenters. The zero-order chi connectivity index (χ0) is 19.9. The molecule has 2 aromatic rings. The maximum atomic E-state index is 13.1. The number of rotatable bonds is 4. The fourth-order valence-electron chi connectivity index (χ4n) is 5.17. The van der Waals surface area contributed by atoms with Gasteiger partial charge in [-0.25, -0.2) is 0 Å². The van der Waals surface area contributed by atoms with Crippen molar-refractivity contribution in [3.05, 3.63) is 66.2 Å². The number of morpholine rings is 1. The number of ether oxygens (including phenoxy) is 1. The Labute approximate surface area is 173 Å². The summed E-state index contributed by atoms with van der Waals surface area (Å²) in [5, 5.41) is 0. The van der Waals surface area contributed by atoms with Crippen LogP contribution in [-0.4, -0.2) is 41.6 Å². The maximum absolute atomic E-state index is 13.1. The van der Waals surface area contributed by atoms with Crippen molar-refractivity contribution in [2.75, 3.05) is 18.5 Å². The van der Waals surface area contributed by atoms with Crippen molar-refractivity contribution in [1.82, 2.24) is 4.90 Å². The average Bonchev–Trinajstić information content (AvgIpc) is 3.53. The minimum Gasteiger partial charge on any atom is -0.357 e. The minimum absolute atomic E-state index is 0.164. The lowest BCUT2D eigenvalue weighted by molar-refractivity contribution is -0.171. The third-order valence-corrected chi connectivity index (χ3v) is 7.03. The first-order valence-corrected chi connectivity index (χ1v) is 10.9. The summed E-state index contributed by atoms with van der Waals surface area (Å²) in [4.78, 5) is 17.6. The summed E-state index contributed by atoms with van der Waals surface area (Å²) in [6.45, 7) is 1.67. The van der Waals surface area contributed by atoms with Crippen molar-refractivity contribution >= 4 is 11.6 Å². The molecule has 0 bridgehead atoms. The third-order valence-electron chi connectivity index (χ3n) is 7.03. The molecule has 5 rings (SSSR count). The minimum atomic E-state index is -0.545. The Kier molecular flexibility index (Phi) is 4.72. The van der Waals surface area contributed by atoms with Crippen LogP contribution >= 0.6 is 0 Å². The zero-order valence-corrected chi connectivity index (χ0v) is 17.2. The van der Waals surface area contributed by atoms with Gasteiger partial charge in [-0.15, -0.1) is 0 Å². The zero-order valence-electron chi connectivity index (χ0n) is 17.2. The van der Waals surface area contributed by atoms with Gasteiger partial charge < -0.3 is 9.64 Å². The molecule has 2 aliphatic carbocycles. The Bertz CT molecular complexity index is 855. The van der Waals surface area contributed by atoms with Crippen molar-refractivity contribution in [1.29, 1.82) is 0 Å². The molecular formula is C25H30N2O2. The van der Waals surface area contributed by atoms with Crippen LogP contribution in [0.5, 0.6) is 0 Å². The molecule has 2 spiro atoms. The molecule has 2 saturated carbocycles. The van der Waals surface area contributed by atoms with Gasteiger partial charge in [-0.1, -0.05) is 48.5 Å². The van der Waals surface area contributed by atoms with Crippen LogP contribution in [-0.2, 0) is 16.1 Å². The molecule has 3 fully saturated rings. The number of hydrogen-bond acceptors (Lipinski definition) is 3. The van der Waals surface area contributed by atoms with E-state index >= 15 is 0 Å². The van der Waals surface area contributed by atoms with Crippen LogP contribution in [0, 0.1) is 0 Å². The first-order chi connectivity index (χ1) is 14.1. The average molecular weight is 391 g/mol. The lowest BCUT2D eigenvalue weighted by Gasteiger charge is -2.50. The predicted octanol–water partition coefficient (Wildman–Crippen LogP) is 4.40. The van der Waals surface area contributed by atoms with E-state index in [9.17, 15) is 4.79 Å². The molecule has 29 heavy (non-hydrogen) atoms. The lowest BCUT2D eigenvalue weighted by Crippen LogP contribution is -2.62. The van der Waals surface area contributed by atoms with Crippen LogP contribution in [0.3, 0.4) is 0 Å². The highest BCUT2D eigenvalue weighted by Crippen LogP contribution is 2.52. The summed E-state index contributed by atoms with van der Waals surface area (Å²) in [7, 11) is 2.24. The normalized spacial score (nSPS) is 28.3. The molecule has 152 valence electrons. The quantitative estimate of drug-likeness (QED) is 0.776. The highest BCUT2D eigenvalue weighted by atomic mass is 16.5. The van der Waals surface area contributed by atoms with Crippen LogP contribution in [0.15, 0.2) is 60.7 Å². The Morgan fingerprint density at radius 2 is 1.59 bits per heavy atom. The van der Waals surface area contributed by atoms with Crippen molar-refractivity contribution < 1.29 is 9.53 Å². The molecule has 1 aliphatic heterocycles. The molecule has 1 amide bonds. The smallest absolute Gasteiger partial charge is 0.259 e. The molecule has 0 N–H and O–H groups in total. The lowest BCUT2D eigenvalue weighted by atomic mass is 9.79. The molecule has 3 aliphatic rings. The summed E-state index contributed by atoms with van der Waals surface area (Å²) in [6, 6.07) is 21.4. The number of carbonyl (C=O) groups excluding carboxylic acids is 1. The van der Waals surface area contributed by atoms with Gasteiger partial charge in [0.25, 0.3) is 5.91 Å². The van der Waals surface area contributed by atoms with Gasteiger partial charge in [0.1, 0.15) is 5.60 Å². The van der Waals surface area contributed by atoms with Gasteiger partial charge in [0, 0.05) is 18.3 Å². The van der Waals surface area contributed by atoms with Crippen LogP contribution in [0.1, 0.15) is 44.1 Å². The third kappa shape index (κ3) is 3.60. The molecule has 0 radical (unpaired) electrons. The second-order valence-corrected chi connectivity index (χ2v) is 9.14. The standard InChI is InChI=1S/C25H30N2O2/c1-26(18-20-8-4-2-5-9-20)21-12-14-24(15-13-21)19-27(22-10-6-3-7-11-22)23(28)25(29-24)16-17-25/h2-11,21H,12-19H2,1H3/t21-,24+. The highest BCUT2D eigenvalue weighted by molar-refractivity contribution is 6.02. The van der Waals surface area contributed by atoms with E-state index in [0.717, 1.165) is 50.8 Å². The Morgan fingerprint density at radius 1 is 0.966 bits per heavy atom. The molecule has 1 saturated heterocycles. The van der Waals surface area contributed by atoms with E-state index in [-0.39, 0.29) is 11.5 Å². The van der Waals surface area contributed by atoms with Crippen molar-refractivity contribution in [3.8, 4) is 0 Å². The summed E-state index contributed by atoms with van der Waals surface area (Å²) in [5.74, 6) is 0.164. The monoisotopic (exact) mass is 390 g/mol. The summed E-state index contributed by atoms with van der Waals surface area (Å²) in [6.07, 6.45) is 6.03. The van der Waals surface area contributed by atoms with E-state index in [1.807, 2.05) is 35.2 Å². The number of benzene rings is 2. The Hall–Kier alpha value is -2.17. The fraction of sp³-hybridized carbons (Fsp3) is 0.480. The number of hydrogen-bond donors (Lipinski definition) is 0. The molecule has 2 aromatic carbocycles. The molecule has 4 heteroatoms. The number of anilines is 1. The van der Waals surface area contributed by atoms with Crippen LogP contribution in [0.25, 0.3) is 0 Å². The van der Waals surface area contributed by atoms with Gasteiger partial charge in [-0.3, -0.25) is 9.69 Å². The predicted molar refractivity (Wildman–Crippen MR) is 115 cm³/mol. The van der Waals surface area contributed by atoms with Gasteiger partial charge in [0.15, 0.2) is 0 Å². The van der Waals surface area contributed by atoms with E-state index in [2.05, 4.69) is 42.3 Å². The summed E-state index contributed by atoms with van der Waals surface area (Å²) < 4.78 is 6.61. The molecular weight excluding hydrogens is 360 g/mol. The topological polar surface area (TPSA) is 32.8 Å². The van der Waals surface area contributed by atoms with Crippen molar-refractivity contribution in [2.45, 2.75) is 62.3 Å². The van der Waals surface area contributed by atoms with E-state index in [1.54, 1.807) is 0 Å². The van der Waals surface area contributed by atoms with Gasteiger partial charge in [0.05, 0.1) is 12.1 Å². The number of carbonyl (C=O) groups is 1. The second kappa shape index (κ2) is 7.26. The first-order valence-electron chi connectivity index (χ1n) is 10.9. The number of para-hydroxylation sites is 1. The van der Waals surface area contributed by atoms with E-state index in [0.29, 0.717) is 12.6 Å². The number of amides is 1. The molecule has 0 aromatic heterocycles.